The molecule has 0 radical (unpaired) electrons. The fourth-order valence-electron chi connectivity index (χ4n) is 1.31. The van der Waals surface area contributed by atoms with Gasteiger partial charge in [-0.15, -0.1) is 0 Å². The molecule has 0 heterocycles. The summed E-state index contributed by atoms with van der Waals surface area (Å²) in [6, 6.07) is 3.69. The Morgan fingerprint density at radius 3 is 2.06 bits per heavy atom. The maximum Gasteiger partial charge on any atom is 0.0504 e. The first-order valence-corrected chi connectivity index (χ1v) is 6.58. The van der Waals surface area contributed by atoms with Crippen molar-refractivity contribution in [1.29, 1.82) is 0 Å². The monoisotopic (exact) mass is 260 g/mol. The van der Waals surface area contributed by atoms with E-state index in [0.717, 1.165) is 28.1 Å². The quantitative estimate of drug-likeness (QED) is 0.587. The standard InChI is InChI=1S/C10H15ClN2S.C2H6/c1-10(2,3)7-4-6(11)5-8(14-13)9(7)12;1-2/h4-5H,12-13H2,1-3H3;1-2H3. The topological polar surface area (TPSA) is 52.0 Å². The highest BCUT2D eigenvalue weighted by molar-refractivity contribution is 7.97. The molecule has 0 spiro atoms. The Labute approximate surface area is 108 Å². The second-order valence-corrected chi connectivity index (χ2v) is 5.34. The van der Waals surface area contributed by atoms with Gasteiger partial charge in [0.15, 0.2) is 0 Å². The number of nitrogen functional groups attached to an aromatic ring is 1. The molecule has 16 heavy (non-hydrogen) atoms. The molecule has 0 atom stereocenters. The van der Waals surface area contributed by atoms with E-state index in [1.54, 1.807) is 6.07 Å². The van der Waals surface area contributed by atoms with Gasteiger partial charge in [0, 0.05) is 9.92 Å². The Balaban J connectivity index is 0.00000106. The highest BCUT2D eigenvalue weighted by Gasteiger charge is 2.19. The lowest BCUT2D eigenvalue weighted by molar-refractivity contribution is 0.591. The van der Waals surface area contributed by atoms with Crippen molar-refractivity contribution in [2.24, 2.45) is 5.14 Å². The van der Waals surface area contributed by atoms with Gasteiger partial charge >= 0.3 is 0 Å². The van der Waals surface area contributed by atoms with E-state index in [9.17, 15) is 0 Å². The van der Waals surface area contributed by atoms with E-state index >= 15 is 0 Å². The number of halogens is 1. The Morgan fingerprint density at radius 1 is 1.19 bits per heavy atom. The molecule has 0 bridgehead atoms. The average Bonchev–Trinajstić information content (AvgIpc) is 2.22. The van der Waals surface area contributed by atoms with Crippen LogP contribution in [-0.4, -0.2) is 0 Å². The fraction of sp³-hybridized carbons (Fsp3) is 0.500. The molecular weight excluding hydrogens is 240 g/mol. The molecule has 0 aromatic heterocycles. The third-order valence-electron chi connectivity index (χ3n) is 2.04. The second-order valence-electron chi connectivity index (χ2n) is 4.23. The van der Waals surface area contributed by atoms with Gasteiger partial charge in [-0.25, -0.2) is 0 Å². The Hall–Kier alpha value is -0.380. The number of hydrogen-bond acceptors (Lipinski definition) is 3. The van der Waals surface area contributed by atoms with Gasteiger partial charge in [0.1, 0.15) is 0 Å². The fourth-order valence-corrected chi connectivity index (χ4v) is 2.03. The van der Waals surface area contributed by atoms with Gasteiger partial charge in [0.2, 0.25) is 0 Å². The zero-order valence-electron chi connectivity index (χ0n) is 10.6. The Morgan fingerprint density at radius 2 is 1.69 bits per heavy atom. The highest BCUT2D eigenvalue weighted by atomic mass is 35.5. The predicted molar refractivity (Wildman–Crippen MR) is 76.0 cm³/mol. The van der Waals surface area contributed by atoms with Gasteiger partial charge in [-0.1, -0.05) is 46.2 Å². The zero-order chi connectivity index (χ0) is 12.9. The lowest BCUT2D eigenvalue weighted by Gasteiger charge is -2.22. The smallest absolute Gasteiger partial charge is 0.0504 e. The van der Waals surface area contributed by atoms with Crippen LogP contribution in [0.15, 0.2) is 17.0 Å². The summed E-state index contributed by atoms with van der Waals surface area (Å²) >= 11 is 7.11. The van der Waals surface area contributed by atoms with Crippen LogP contribution in [0.4, 0.5) is 5.69 Å². The first-order valence-electron chi connectivity index (χ1n) is 5.32. The lowest BCUT2D eigenvalue weighted by Crippen LogP contribution is -2.14. The minimum Gasteiger partial charge on any atom is -0.398 e. The molecule has 1 rings (SSSR count). The molecule has 0 unspecified atom stereocenters. The minimum absolute atomic E-state index is 0.0144. The summed E-state index contributed by atoms with van der Waals surface area (Å²) in [6.07, 6.45) is 0. The van der Waals surface area contributed by atoms with Crippen molar-refractivity contribution in [1.82, 2.24) is 0 Å². The molecule has 0 saturated carbocycles. The molecule has 0 fully saturated rings. The lowest BCUT2D eigenvalue weighted by atomic mass is 9.86. The normalized spacial score (nSPS) is 10.7. The summed E-state index contributed by atoms with van der Waals surface area (Å²) in [7, 11) is 0. The third kappa shape index (κ3) is 3.89. The molecule has 0 aliphatic heterocycles. The maximum absolute atomic E-state index is 5.99. The van der Waals surface area contributed by atoms with Gasteiger partial charge < -0.3 is 5.73 Å². The zero-order valence-corrected chi connectivity index (χ0v) is 12.2. The van der Waals surface area contributed by atoms with Crippen LogP contribution in [-0.2, 0) is 5.41 Å². The van der Waals surface area contributed by atoms with E-state index in [4.69, 9.17) is 22.5 Å². The number of benzene rings is 1. The molecule has 4 N–H and O–H groups in total. The maximum atomic E-state index is 5.99. The summed E-state index contributed by atoms with van der Waals surface area (Å²) in [5, 5.41) is 6.19. The van der Waals surface area contributed by atoms with Crippen molar-refractivity contribution in [3.63, 3.8) is 0 Å². The van der Waals surface area contributed by atoms with Crippen LogP contribution in [0.2, 0.25) is 5.02 Å². The average molecular weight is 261 g/mol. The number of nitrogens with two attached hydrogens (primary N) is 2. The molecular formula is C12H21ClN2S. The van der Waals surface area contributed by atoms with E-state index < -0.39 is 0 Å². The van der Waals surface area contributed by atoms with Gasteiger partial charge in [0.25, 0.3) is 0 Å². The van der Waals surface area contributed by atoms with Crippen LogP contribution in [0, 0.1) is 0 Å². The molecule has 4 heteroatoms. The van der Waals surface area contributed by atoms with Gasteiger partial charge in [-0.2, -0.15) is 0 Å². The molecule has 1 aromatic rings. The van der Waals surface area contributed by atoms with Crippen molar-refractivity contribution >= 4 is 29.2 Å². The van der Waals surface area contributed by atoms with E-state index in [1.165, 1.54) is 0 Å². The Bertz CT molecular complexity index is 346. The van der Waals surface area contributed by atoms with Crippen molar-refractivity contribution in [2.45, 2.75) is 44.9 Å². The van der Waals surface area contributed by atoms with E-state index in [1.807, 2.05) is 19.9 Å². The summed E-state index contributed by atoms with van der Waals surface area (Å²) < 4.78 is 0. The highest BCUT2D eigenvalue weighted by Crippen LogP contribution is 2.35. The second kappa shape index (κ2) is 6.38. The van der Waals surface area contributed by atoms with Gasteiger partial charge in [-0.05, 0) is 35.1 Å². The summed E-state index contributed by atoms with van der Waals surface area (Å²) in [4.78, 5) is 0.836. The van der Waals surface area contributed by atoms with Crippen LogP contribution in [0.5, 0.6) is 0 Å². The molecule has 0 amide bonds. The minimum atomic E-state index is -0.0144. The first-order chi connectivity index (χ1) is 7.36. The molecule has 2 nitrogen and oxygen atoms in total. The Kier molecular flexibility index (Phi) is 6.23. The molecule has 0 aliphatic carbocycles. The van der Waals surface area contributed by atoms with Crippen LogP contribution < -0.4 is 10.9 Å². The third-order valence-corrected chi connectivity index (χ3v) is 2.85. The van der Waals surface area contributed by atoms with Crippen LogP contribution in [0.3, 0.4) is 0 Å². The van der Waals surface area contributed by atoms with Crippen LogP contribution in [0.1, 0.15) is 40.2 Å². The van der Waals surface area contributed by atoms with Crippen molar-refractivity contribution in [3.8, 4) is 0 Å². The summed E-state index contributed by atoms with van der Waals surface area (Å²) in [5.74, 6) is 0. The van der Waals surface area contributed by atoms with Crippen molar-refractivity contribution in [2.75, 3.05) is 5.73 Å². The molecule has 1 aromatic carbocycles. The predicted octanol–water partition coefficient (Wildman–Crippen LogP) is 4.21. The van der Waals surface area contributed by atoms with E-state index in [0.29, 0.717) is 5.02 Å². The molecule has 0 aliphatic rings. The van der Waals surface area contributed by atoms with Crippen LogP contribution in [0.25, 0.3) is 0 Å². The van der Waals surface area contributed by atoms with Gasteiger partial charge in [-0.3, -0.25) is 5.14 Å². The first kappa shape index (κ1) is 15.6. The number of anilines is 1. The van der Waals surface area contributed by atoms with Crippen LogP contribution >= 0.6 is 23.5 Å². The number of hydrogen-bond donors (Lipinski definition) is 2. The van der Waals surface area contributed by atoms with E-state index in [-0.39, 0.29) is 5.41 Å². The summed E-state index contributed by atoms with van der Waals surface area (Å²) in [5.41, 5.74) is 7.75. The molecule has 0 saturated heterocycles. The van der Waals surface area contributed by atoms with Gasteiger partial charge in [0.05, 0.1) is 5.69 Å². The molecule has 92 valence electrons. The van der Waals surface area contributed by atoms with Crippen molar-refractivity contribution in [3.05, 3.63) is 22.7 Å². The SMILES string of the molecule is CC.CC(C)(C)c1cc(Cl)cc(SN)c1N. The largest absolute Gasteiger partial charge is 0.398 e. The van der Waals surface area contributed by atoms with Crippen molar-refractivity contribution < 1.29 is 0 Å². The van der Waals surface area contributed by atoms with E-state index in [2.05, 4.69) is 20.8 Å². The number of rotatable bonds is 1. The summed E-state index contributed by atoms with van der Waals surface area (Å²) in [6.45, 7) is 10.3.